The van der Waals surface area contributed by atoms with Gasteiger partial charge in [0.15, 0.2) is 0 Å². The molecule has 0 bridgehead atoms. The predicted molar refractivity (Wildman–Crippen MR) is 63.1 cm³/mol. The van der Waals surface area contributed by atoms with Gasteiger partial charge in [0, 0.05) is 20.3 Å². The SMILES string of the molecule is CCCn1c(C)nnc1C(N)CCCOC. The summed E-state index contributed by atoms with van der Waals surface area (Å²) in [5, 5.41) is 8.25. The van der Waals surface area contributed by atoms with Crippen LogP contribution in [-0.4, -0.2) is 28.5 Å². The van der Waals surface area contributed by atoms with Gasteiger partial charge in [-0.3, -0.25) is 0 Å². The smallest absolute Gasteiger partial charge is 0.149 e. The van der Waals surface area contributed by atoms with Gasteiger partial charge in [0.1, 0.15) is 11.6 Å². The summed E-state index contributed by atoms with van der Waals surface area (Å²) in [6.07, 6.45) is 2.90. The molecule has 5 heteroatoms. The van der Waals surface area contributed by atoms with Gasteiger partial charge in [-0.2, -0.15) is 0 Å². The minimum Gasteiger partial charge on any atom is -0.385 e. The Hall–Kier alpha value is -0.940. The third-order valence-corrected chi connectivity index (χ3v) is 2.61. The van der Waals surface area contributed by atoms with E-state index in [0.29, 0.717) is 0 Å². The maximum Gasteiger partial charge on any atom is 0.149 e. The fourth-order valence-electron chi connectivity index (χ4n) is 1.75. The molecule has 92 valence electrons. The molecule has 0 aromatic carbocycles. The van der Waals surface area contributed by atoms with Crippen LogP contribution in [0.25, 0.3) is 0 Å². The Morgan fingerprint density at radius 3 is 2.81 bits per heavy atom. The van der Waals surface area contributed by atoms with Crippen molar-refractivity contribution in [1.82, 2.24) is 14.8 Å². The van der Waals surface area contributed by atoms with Crippen molar-refractivity contribution >= 4 is 0 Å². The summed E-state index contributed by atoms with van der Waals surface area (Å²) in [6.45, 7) is 5.79. The highest BCUT2D eigenvalue weighted by Crippen LogP contribution is 2.15. The summed E-state index contributed by atoms with van der Waals surface area (Å²) in [6, 6.07) is -0.0390. The van der Waals surface area contributed by atoms with Crippen LogP contribution in [0.2, 0.25) is 0 Å². The molecule has 1 atom stereocenters. The Balaban J connectivity index is 2.63. The zero-order chi connectivity index (χ0) is 12.0. The highest BCUT2D eigenvalue weighted by Gasteiger charge is 2.15. The molecular formula is C11H22N4O. The second kappa shape index (κ2) is 6.60. The average Bonchev–Trinajstić information content (AvgIpc) is 2.62. The molecule has 1 unspecified atom stereocenters. The Morgan fingerprint density at radius 1 is 1.44 bits per heavy atom. The topological polar surface area (TPSA) is 66.0 Å². The summed E-state index contributed by atoms with van der Waals surface area (Å²) in [5.41, 5.74) is 6.10. The van der Waals surface area contributed by atoms with Gasteiger partial charge >= 0.3 is 0 Å². The lowest BCUT2D eigenvalue weighted by molar-refractivity contribution is 0.190. The Labute approximate surface area is 97.0 Å². The van der Waals surface area contributed by atoms with E-state index in [2.05, 4.69) is 21.7 Å². The minimum atomic E-state index is -0.0390. The molecule has 0 aliphatic rings. The van der Waals surface area contributed by atoms with Gasteiger partial charge < -0.3 is 15.0 Å². The van der Waals surface area contributed by atoms with Crippen LogP contribution < -0.4 is 5.73 Å². The molecule has 16 heavy (non-hydrogen) atoms. The van der Waals surface area contributed by atoms with Gasteiger partial charge in [-0.25, -0.2) is 0 Å². The Morgan fingerprint density at radius 2 is 2.19 bits per heavy atom. The fraction of sp³-hybridized carbons (Fsp3) is 0.818. The fourth-order valence-corrected chi connectivity index (χ4v) is 1.75. The van der Waals surface area contributed by atoms with Gasteiger partial charge in [0.2, 0.25) is 0 Å². The first kappa shape index (κ1) is 13.1. The van der Waals surface area contributed by atoms with Crippen LogP contribution >= 0.6 is 0 Å². The lowest BCUT2D eigenvalue weighted by Crippen LogP contribution is -2.18. The normalized spacial score (nSPS) is 13.0. The lowest BCUT2D eigenvalue weighted by atomic mass is 10.1. The van der Waals surface area contributed by atoms with Crippen molar-refractivity contribution in [1.29, 1.82) is 0 Å². The van der Waals surface area contributed by atoms with Crippen molar-refractivity contribution in [2.45, 2.75) is 45.7 Å². The maximum absolute atomic E-state index is 6.10. The van der Waals surface area contributed by atoms with E-state index in [4.69, 9.17) is 10.5 Å². The molecule has 0 aliphatic carbocycles. The number of nitrogens with zero attached hydrogens (tertiary/aromatic N) is 3. The second-order valence-electron chi connectivity index (χ2n) is 4.00. The number of ether oxygens (including phenoxy) is 1. The molecule has 0 spiro atoms. The number of methoxy groups -OCH3 is 1. The number of hydrogen-bond donors (Lipinski definition) is 1. The first-order valence-electron chi connectivity index (χ1n) is 5.84. The molecule has 0 aliphatic heterocycles. The van der Waals surface area contributed by atoms with E-state index in [1.165, 1.54) is 0 Å². The van der Waals surface area contributed by atoms with Crippen molar-refractivity contribution < 1.29 is 4.74 Å². The molecular weight excluding hydrogens is 204 g/mol. The summed E-state index contributed by atoms with van der Waals surface area (Å²) >= 11 is 0. The number of aryl methyl sites for hydroxylation is 1. The molecule has 1 heterocycles. The van der Waals surface area contributed by atoms with Crippen LogP contribution in [0.15, 0.2) is 0 Å². The van der Waals surface area contributed by atoms with E-state index in [1.54, 1.807) is 7.11 Å². The van der Waals surface area contributed by atoms with Crippen LogP contribution in [0.3, 0.4) is 0 Å². The summed E-state index contributed by atoms with van der Waals surface area (Å²) in [7, 11) is 1.70. The lowest BCUT2D eigenvalue weighted by Gasteiger charge is -2.13. The molecule has 1 aromatic rings. The van der Waals surface area contributed by atoms with Gasteiger partial charge in [-0.05, 0) is 26.2 Å². The molecule has 0 amide bonds. The van der Waals surface area contributed by atoms with Crippen molar-refractivity contribution in [3.8, 4) is 0 Å². The van der Waals surface area contributed by atoms with Crippen molar-refractivity contribution in [2.75, 3.05) is 13.7 Å². The number of hydrogen-bond acceptors (Lipinski definition) is 4. The molecule has 0 saturated heterocycles. The molecule has 0 fully saturated rings. The van der Waals surface area contributed by atoms with E-state index in [1.807, 2.05) is 6.92 Å². The number of rotatable bonds is 7. The first-order chi connectivity index (χ1) is 7.70. The van der Waals surface area contributed by atoms with Crippen molar-refractivity contribution in [3.63, 3.8) is 0 Å². The molecule has 5 nitrogen and oxygen atoms in total. The van der Waals surface area contributed by atoms with Gasteiger partial charge in [0.25, 0.3) is 0 Å². The first-order valence-corrected chi connectivity index (χ1v) is 5.84. The highest BCUT2D eigenvalue weighted by molar-refractivity contribution is 4.99. The third kappa shape index (κ3) is 3.28. The molecule has 1 rings (SSSR count). The van der Waals surface area contributed by atoms with E-state index in [-0.39, 0.29) is 6.04 Å². The van der Waals surface area contributed by atoms with Crippen LogP contribution in [0.4, 0.5) is 0 Å². The van der Waals surface area contributed by atoms with E-state index >= 15 is 0 Å². The zero-order valence-electron chi connectivity index (χ0n) is 10.4. The standard InChI is InChI=1S/C11H22N4O/c1-4-7-15-9(2)13-14-11(15)10(12)6-5-8-16-3/h10H,4-8,12H2,1-3H3. The number of aromatic nitrogens is 3. The summed E-state index contributed by atoms with van der Waals surface area (Å²) < 4.78 is 7.12. The van der Waals surface area contributed by atoms with Gasteiger partial charge in [0.05, 0.1) is 6.04 Å². The highest BCUT2D eigenvalue weighted by atomic mass is 16.5. The minimum absolute atomic E-state index is 0.0390. The maximum atomic E-state index is 6.10. The van der Waals surface area contributed by atoms with Crippen LogP contribution in [0, 0.1) is 6.92 Å². The van der Waals surface area contributed by atoms with Crippen LogP contribution in [0.5, 0.6) is 0 Å². The van der Waals surface area contributed by atoms with Crippen molar-refractivity contribution in [3.05, 3.63) is 11.6 Å². The van der Waals surface area contributed by atoms with Crippen molar-refractivity contribution in [2.24, 2.45) is 5.73 Å². The third-order valence-electron chi connectivity index (χ3n) is 2.61. The summed E-state index contributed by atoms with van der Waals surface area (Å²) in [5.74, 6) is 1.84. The van der Waals surface area contributed by atoms with E-state index in [9.17, 15) is 0 Å². The van der Waals surface area contributed by atoms with E-state index < -0.39 is 0 Å². The quantitative estimate of drug-likeness (QED) is 0.714. The molecule has 2 N–H and O–H groups in total. The molecule has 1 aromatic heterocycles. The van der Waals surface area contributed by atoms with Crippen LogP contribution in [0.1, 0.15) is 43.9 Å². The largest absolute Gasteiger partial charge is 0.385 e. The zero-order valence-corrected chi connectivity index (χ0v) is 10.4. The van der Waals surface area contributed by atoms with Gasteiger partial charge in [-0.1, -0.05) is 6.92 Å². The average molecular weight is 226 g/mol. The second-order valence-corrected chi connectivity index (χ2v) is 4.00. The molecule has 0 radical (unpaired) electrons. The van der Waals surface area contributed by atoms with Crippen LogP contribution in [-0.2, 0) is 11.3 Å². The monoisotopic (exact) mass is 226 g/mol. The predicted octanol–water partition coefficient (Wildman–Crippen LogP) is 1.42. The number of nitrogens with two attached hydrogens (primary N) is 1. The summed E-state index contributed by atoms with van der Waals surface area (Å²) in [4.78, 5) is 0. The molecule has 0 saturated carbocycles. The van der Waals surface area contributed by atoms with E-state index in [0.717, 1.165) is 44.1 Å². The van der Waals surface area contributed by atoms with Gasteiger partial charge in [-0.15, -0.1) is 10.2 Å². The Bertz CT molecular complexity index is 311. The Kier molecular flexibility index (Phi) is 5.42.